The maximum absolute atomic E-state index is 11.3. The lowest BCUT2D eigenvalue weighted by atomic mass is 10.2. The van der Waals surface area contributed by atoms with Gasteiger partial charge in [-0.25, -0.2) is 0 Å². The molecule has 0 heterocycles. The Bertz CT molecular complexity index is 541. The van der Waals surface area contributed by atoms with E-state index in [1.165, 1.54) is 24.3 Å². The summed E-state index contributed by atoms with van der Waals surface area (Å²) in [7, 11) is 0. The number of hydrogen-bond donors (Lipinski definition) is 1. The van der Waals surface area contributed by atoms with E-state index in [1.54, 1.807) is 18.2 Å². The van der Waals surface area contributed by atoms with Gasteiger partial charge in [0, 0.05) is 0 Å². The molecule has 7 heteroatoms. The number of esters is 2. The van der Waals surface area contributed by atoms with E-state index >= 15 is 0 Å². The summed E-state index contributed by atoms with van der Waals surface area (Å²) in [5.41, 5.74) is -0.0161. The van der Waals surface area contributed by atoms with Gasteiger partial charge in [-0.15, -0.1) is 0 Å². The van der Waals surface area contributed by atoms with E-state index in [1.807, 2.05) is 0 Å². The predicted molar refractivity (Wildman–Crippen MR) is 63.0 cm³/mol. The van der Waals surface area contributed by atoms with Crippen molar-refractivity contribution in [3.63, 3.8) is 0 Å². The van der Waals surface area contributed by atoms with Gasteiger partial charge in [0.1, 0.15) is 12.8 Å². The highest BCUT2D eigenvalue weighted by Gasteiger charge is 2.38. The number of nitrogens with zero attached hydrogens (tertiary/aromatic N) is 2. The average molecular weight is 274 g/mol. The molecule has 0 radical (unpaired) electrons. The Morgan fingerprint density at radius 3 is 1.90 bits per heavy atom. The second kappa shape index (κ2) is 6.88. The molecule has 0 aliphatic rings. The highest BCUT2D eigenvalue weighted by molar-refractivity contribution is 5.74. The highest BCUT2D eigenvalue weighted by Crippen LogP contribution is 2.25. The summed E-state index contributed by atoms with van der Waals surface area (Å²) >= 11 is 0. The Hall–Kier alpha value is -2.90. The first-order valence-electron chi connectivity index (χ1n) is 5.47. The minimum absolute atomic E-state index is 0.0161. The zero-order valence-electron chi connectivity index (χ0n) is 10.3. The number of benzene rings is 1. The van der Waals surface area contributed by atoms with Crippen LogP contribution >= 0.6 is 0 Å². The van der Waals surface area contributed by atoms with Crippen molar-refractivity contribution < 1.29 is 24.2 Å². The molecule has 0 aliphatic carbocycles. The van der Waals surface area contributed by atoms with Crippen molar-refractivity contribution in [2.75, 3.05) is 0 Å². The quantitative estimate of drug-likeness (QED) is 0.619. The topological polar surface area (TPSA) is 120 Å². The third-order valence-electron chi connectivity index (χ3n) is 2.09. The van der Waals surface area contributed by atoms with E-state index in [4.69, 9.17) is 10.5 Å². The van der Waals surface area contributed by atoms with Gasteiger partial charge in [0.2, 0.25) is 0 Å². The van der Waals surface area contributed by atoms with Crippen LogP contribution in [0.4, 0.5) is 0 Å². The minimum atomic E-state index is -2.66. The smallest absolute Gasteiger partial charge is 0.393 e. The molecule has 1 aromatic rings. The third-order valence-corrected chi connectivity index (χ3v) is 2.09. The summed E-state index contributed by atoms with van der Waals surface area (Å²) in [6.07, 6.45) is -1.24. The number of aliphatic hydroxyl groups is 1. The number of ether oxygens (including phenoxy) is 2. The fourth-order valence-electron chi connectivity index (χ4n) is 1.30. The van der Waals surface area contributed by atoms with Gasteiger partial charge in [-0.1, -0.05) is 18.2 Å². The number of nitriles is 2. The van der Waals surface area contributed by atoms with Crippen LogP contribution in [-0.2, 0) is 25.0 Å². The fraction of sp³-hybridized carbons (Fsp3) is 0.231. The van der Waals surface area contributed by atoms with Gasteiger partial charge in [-0.3, -0.25) is 9.59 Å². The van der Waals surface area contributed by atoms with Gasteiger partial charge in [0.05, 0.1) is 17.7 Å². The SMILES string of the molecule is N#CCC(=O)OC(O)(OC(=O)CC#N)c1ccccc1. The maximum Gasteiger partial charge on any atom is 0.403 e. The standard InChI is InChI=1S/C13H10N2O5/c14-8-6-11(16)19-13(18,20-12(17)7-9-15)10-4-2-1-3-5-10/h1-5,18H,6-7H2. The van der Waals surface area contributed by atoms with Gasteiger partial charge in [0.15, 0.2) is 0 Å². The molecule has 0 fully saturated rings. The van der Waals surface area contributed by atoms with E-state index in [9.17, 15) is 14.7 Å². The first-order chi connectivity index (χ1) is 9.51. The molecule has 0 unspecified atom stereocenters. The second-order valence-corrected chi connectivity index (χ2v) is 3.57. The summed E-state index contributed by atoms with van der Waals surface area (Å²) < 4.78 is 9.25. The summed E-state index contributed by atoms with van der Waals surface area (Å²) in [6.45, 7) is 0. The molecule has 1 N–H and O–H groups in total. The number of hydrogen-bond acceptors (Lipinski definition) is 7. The summed E-state index contributed by atoms with van der Waals surface area (Å²) in [5.74, 6) is -4.80. The molecule has 0 bridgehead atoms. The molecule has 20 heavy (non-hydrogen) atoms. The molecule has 102 valence electrons. The zero-order valence-corrected chi connectivity index (χ0v) is 10.3. The molecule has 1 rings (SSSR count). The summed E-state index contributed by atoms with van der Waals surface area (Å²) in [4.78, 5) is 22.6. The van der Waals surface area contributed by atoms with Gasteiger partial charge >= 0.3 is 17.9 Å². The first-order valence-corrected chi connectivity index (χ1v) is 5.47. The van der Waals surface area contributed by atoms with Crippen LogP contribution in [0.2, 0.25) is 0 Å². The van der Waals surface area contributed by atoms with Crippen LogP contribution in [0.25, 0.3) is 0 Å². The van der Waals surface area contributed by atoms with Crippen molar-refractivity contribution in [2.24, 2.45) is 0 Å². The van der Waals surface area contributed by atoms with Gasteiger partial charge in [-0.2, -0.15) is 10.5 Å². The van der Waals surface area contributed by atoms with Crippen molar-refractivity contribution in [3.05, 3.63) is 35.9 Å². The number of carbonyl (C=O) groups excluding carboxylic acids is 2. The van der Waals surface area contributed by atoms with Gasteiger partial charge < -0.3 is 14.6 Å². The normalized spacial score (nSPS) is 9.95. The molecular weight excluding hydrogens is 264 g/mol. The second-order valence-electron chi connectivity index (χ2n) is 3.57. The summed E-state index contributed by atoms with van der Waals surface area (Å²) in [5, 5.41) is 26.9. The monoisotopic (exact) mass is 274 g/mol. The number of rotatable bonds is 5. The van der Waals surface area contributed by atoms with E-state index in [2.05, 4.69) is 9.47 Å². The molecule has 0 aromatic heterocycles. The van der Waals surface area contributed by atoms with Crippen molar-refractivity contribution >= 4 is 11.9 Å². The van der Waals surface area contributed by atoms with E-state index in [0.29, 0.717) is 0 Å². The van der Waals surface area contributed by atoms with Gasteiger partial charge in [0.25, 0.3) is 0 Å². The molecule has 0 saturated heterocycles. The third kappa shape index (κ3) is 4.09. The first kappa shape index (κ1) is 15.2. The Balaban J connectivity index is 3.01. The lowest BCUT2D eigenvalue weighted by Gasteiger charge is -2.26. The van der Waals surface area contributed by atoms with Crippen LogP contribution in [0.1, 0.15) is 18.4 Å². The van der Waals surface area contributed by atoms with Crippen molar-refractivity contribution in [3.8, 4) is 12.1 Å². The number of carbonyl (C=O) groups is 2. The molecule has 0 spiro atoms. The molecule has 1 aromatic carbocycles. The van der Waals surface area contributed by atoms with Crippen LogP contribution in [0.15, 0.2) is 30.3 Å². The van der Waals surface area contributed by atoms with Crippen LogP contribution in [0, 0.1) is 22.7 Å². The predicted octanol–water partition coefficient (Wildman–Crippen LogP) is 0.703. The molecule has 0 amide bonds. The van der Waals surface area contributed by atoms with Crippen molar-refractivity contribution in [1.82, 2.24) is 0 Å². The van der Waals surface area contributed by atoms with Crippen LogP contribution in [0.5, 0.6) is 0 Å². The molecule has 0 saturated carbocycles. The lowest BCUT2D eigenvalue weighted by molar-refractivity contribution is -0.335. The maximum atomic E-state index is 11.3. The Kier molecular flexibility index (Phi) is 5.21. The van der Waals surface area contributed by atoms with E-state index in [0.717, 1.165) is 0 Å². The molecular formula is C13H10N2O5. The van der Waals surface area contributed by atoms with E-state index < -0.39 is 30.8 Å². The van der Waals surface area contributed by atoms with E-state index in [-0.39, 0.29) is 5.56 Å². The molecule has 7 nitrogen and oxygen atoms in total. The minimum Gasteiger partial charge on any atom is -0.393 e. The molecule has 0 atom stereocenters. The van der Waals surface area contributed by atoms with Crippen LogP contribution in [0.3, 0.4) is 0 Å². The van der Waals surface area contributed by atoms with Gasteiger partial charge in [-0.05, 0) is 12.1 Å². The van der Waals surface area contributed by atoms with Crippen molar-refractivity contribution in [2.45, 2.75) is 18.8 Å². The fourth-order valence-corrected chi connectivity index (χ4v) is 1.30. The Labute approximate surface area is 114 Å². The largest absolute Gasteiger partial charge is 0.403 e. The Morgan fingerprint density at radius 1 is 1.05 bits per heavy atom. The zero-order chi connectivity index (χ0) is 15.0. The van der Waals surface area contributed by atoms with Crippen LogP contribution < -0.4 is 0 Å². The van der Waals surface area contributed by atoms with Crippen LogP contribution in [-0.4, -0.2) is 17.0 Å². The van der Waals surface area contributed by atoms with Crippen molar-refractivity contribution in [1.29, 1.82) is 10.5 Å². The lowest BCUT2D eigenvalue weighted by Crippen LogP contribution is -2.37. The summed E-state index contributed by atoms with van der Waals surface area (Å²) in [6, 6.07) is 10.5. The highest BCUT2D eigenvalue weighted by atomic mass is 16.8. The Morgan fingerprint density at radius 2 is 1.50 bits per heavy atom. The average Bonchev–Trinajstić information content (AvgIpc) is 2.40. The molecule has 0 aliphatic heterocycles.